The Hall–Kier alpha value is -2.36. The van der Waals surface area contributed by atoms with Gasteiger partial charge in [-0.3, -0.25) is 9.69 Å². The average molecular weight is 475 g/mol. The van der Waals surface area contributed by atoms with Crippen LogP contribution in [0.5, 0.6) is 0 Å². The first-order valence-electron chi connectivity index (χ1n) is 11.7. The van der Waals surface area contributed by atoms with E-state index in [4.69, 9.17) is 4.42 Å². The van der Waals surface area contributed by atoms with Gasteiger partial charge in [0.25, 0.3) is 5.91 Å². The first-order chi connectivity index (χ1) is 15.9. The Labute approximate surface area is 196 Å². The number of sulfonamides is 1. The number of carbonyl (C=O) groups is 1. The quantitative estimate of drug-likeness (QED) is 0.633. The summed E-state index contributed by atoms with van der Waals surface area (Å²) in [6.07, 6.45) is 6.55. The highest BCUT2D eigenvalue weighted by Crippen LogP contribution is 2.30. The molecule has 1 aromatic carbocycles. The topological polar surface area (TPSA) is 86.1 Å². The summed E-state index contributed by atoms with van der Waals surface area (Å²) in [5.41, 5.74) is 1.20. The third-order valence-electron chi connectivity index (χ3n) is 6.56. The summed E-state index contributed by atoms with van der Waals surface area (Å²) in [6, 6.07) is 8.60. The van der Waals surface area contributed by atoms with E-state index in [1.165, 1.54) is 0 Å². The fraction of sp³-hybridized carbons (Fsp3) is 0.542. The molecule has 0 spiro atoms. The fourth-order valence-corrected chi connectivity index (χ4v) is 6.19. The molecule has 9 heteroatoms. The Morgan fingerprint density at radius 3 is 2.39 bits per heavy atom. The molecule has 4 rings (SSSR count). The number of likely N-dealkylation sites (N-methyl/N-ethyl adjacent to an activating group) is 1. The predicted molar refractivity (Wildman–Crippen MR) is 128 cm³/mol. The predicted octanol–water partition coefficient (Wildman–Crippen LogP) is 3.09. The molecular formula is C24H34N4O4S. The minimum Gasteiger partial charge on any atom is -0.468 e. The number of nitrogens with one attached hydrogen (secondary N) is 1. The third-order valence-corrected chi connectivity index (χ3v) is 8.46. The summed E-state index contributed by atoms with van der Waals surface area (Å²) in [5, 5.41) is 3.02. The Morgan fingerprint density at radius 2 is 1.76 bits per heavy atom. The molecule has 8 nitrogen and oxygen atoms in total. The van der Waals surface area contributed by atoms with Gasteiger partial charge in [0.2, 0.25) is 10.0 Å². The molecule has 180 valence electrons. The van der Waals surface area contributed by atoms with Crippen LogP contribution < -0.4 is 10.2 Å². The van der Waals surface area contributed by atoms with Crippen LogP contribution in [-0.4, -0.2) is 70.3 Å². The molecule has 33 heavy (non-hydrogen) atoms. The van der Waals surface area contributed by atoms with Gasteiger partial charge < -0.3 is 14.6 Å². The van der Waals surface area contributed by atoms with Crippen molar-refractivity contribution < 1.29 is 17.6 Å². The van der Waals surface area contributed by atoms with Crippen molar-refractivity contribution in [1.29, 1.82) is 0 Å². The highest BCUT2D eigenvalue weighted by molar-refractivity contribution is 7.89. The molecule has 1 N–H and O–H groups in total. The van der Waals surface area contributed by atoms with E-state index in [1.54, 1.807) is 28.8 Å². The number of piperidine rings is 1. The van der Waals surface area contributed by atoms with E-state index >= 15 is 0 Å². The summed E-state index contributed by atoms with van der Waals surface area (Å²) < 4.78 is 33.6. The van der Waals surface area contributed by atoms with Crippen LogP contribution in [0, 0.1) is 0 Å². The van der Waals surface area contributed by atoms with Crippen LogP contribution in [0.4, 0.5) is 5.69 Å². The van der Waals surface area contributed by atoms with Gasteiger partial charge in [-0.05, 0) is 70.1 Å². The maximum absolute atomic E-state index is 13.4. The maximum atomic E-state index is 13.4. The molecule has 1 amide bonds. The van der Waals surface area contributed by atoms with E-state index < -0.39 is 10.0 Å². The summed E-state index contributed by atoms with van der Waals surface area (Å²) in [5.74, 6) is 0.493. The number of furan rings is 1. The molecule has 1 aromatic heterocycles. The van der Waals surface area contributed by atoms with Gasteiger partial charge in [0.15, 0.2) is 0 Å². The monoisotopic (exact) mass is 474 g/mol. The zero-order valence-electron chi connectivity index (χ0n) is 19.5. The first-order valence-corrected chi connectivity index (χ1v) is 13.2. The first kappa shape index (κ1) is 23.8. The summed E-state index contributed by atoms with van der Waals surface area (Å²) in [7, 11) is 0.236. The molecule has 0 radical (unpaired) electrons. The van der Waals surface area contributed by atoms with E-state index in [0.717, 1.165) is 56.6 Å². The second kappa shape index (κ2) is 10.3. The number of nitrogens with zero attached hydrogens (tertiary/aromatic N) is 3. The minimum absolute atomic E-state index is 0.126. The van der Waals surface area contributed by atoms with Crippen LogP contribution in [-0.2, 0) is 10.0 Å². The number of amides is 1. The number of hydrogen-bond acceptors (Lipinski definition) is 6. The molecule has 0 saturated carbocycles. The summed E-state index contributed by atoms with van der Waals surface area (Å²) in [6.45, 7) is 3.15. The van der Waals surface area contributed by atoms with Crippen molar-refractivity contribution in [2.45, 2.75) is 43.0 Å². The highest BCUT2D eigenvalue weighted by Gasteiger charge is 2.29. The molecule has 0 aliphatic carbocycles. The van der Waals surface area contributed by atoms with Crippen LogP contribution in [0.3, 0.4) is 0 Å². The van der Waals surface area contributed by atoms with Gasteiger partial charge in [0.1, 0.15) is 5.76 Å². The van der Waals surface area contributed by atoms with Gasteiger partial charge in [-0.15, -0.1) is 0 Å². The minimum atomic E-state index is -3.63. The van der Waals surface area contributed by atoms with Crippen molar-refractivity contribution in [3.05, 3.63) is 47.9 Å². The zero-order valence-corrected chi connectivity index (χ0v) is 20.3. The molecule has 2 aromatic rings. The fourth-order valence-electron chi connectivity index (χ4n) is 4.65. The SMILES string of the molecule is CN(C)C(CNC(=O)c1cc(S(=O)(=O)N2CCCCC2)ccc1N1CCCC1)c1ccco1. The van der Waals surface area contributed by atoms with Gasteiger partial charge in [-0.1, -0.05) is 6.42 Å². The molecule has 2 fully saturated rings. The molecule has 0 bridgehead atoms. The zero-order chi connectivity index (χ0) is 23.4. The Balaban J connectivity index is 1.61. The van der Waals surface area contributed by atoms with Gasteiger partial charge in [-0.25, -0.2) is 8.42 Å². The lowest BCUT2D eigenvalue weighted by atomic mass is 10.1. The van der Waals surface area contributed by atoms with Gasteiger partial charge >= 0.3 is 0 Å². The summed E-state index contributed by atoms with van der Waals surface area (Å²) in [4.78, 5) is 17.7. The van der Waals surface area contributed by atoms with E-state index in [9.17, 15) is 13.2 Å². The second-order valence-electron chi connectivity index (χ2n) is 9.04. The van der Waals surface area contributed by atoms with Crippen LogP contribution >= 0.6 is 0 Å². The number of benzene rings is 1. The Kier molecular flexibility index (Phi) is 7.41. The highest BCUT2D eigenvalue weighted by atomic mass is 32.2. The van der Waals surface area contributed by atoms with Gasteiger partial charge in [-0.2, -0.15) is 4.31 Å². The van der Waals surface area contributed by atoms with E-state index in [2.05, 4.69) is 10.2 Å². The van der Waals surface area contributed by atoms with Crippen molar-refractivity contribution in [3.8, 4) is 0 Å². The number of carbonyl (C=O) groups excluding carboxylic acids is 1. The van der Waals surface area contributed by atoms with E-state index in [1.807, 2.05) is 31.1 Å². The van der Waals surface area contributed by atoms with E-state index in [-0.39, 0.29) is 16.8 Å². The smallest absolute Gasteiger partial charge is 0.253 e. The standard InChI is InChI=1S/C24H34N4O4S/c1-26(2)22(23-9-8-16-32-23)18-25-24(29)20-17-19(10-11-21(20)27-12-6-7-13-27)33(30,31)28-14-4-3-5-15-28/h8-11,16-17,22H,3-7,12-15,18H2,1-2H3,(H,25,29). The second-order valence-corrected chi connectivity index (χ2v) is 11.0. The van der Waals surface area contributed by atoms with Crippen molar-refractivity contribution >= 4 is 21.6 Å². The van der Waals surface area contributed by atoms with Crippen molar-refractivity contribution in [1.82, 2.24) is 14.5 Å². The lowest BCUT2D eigenvalue weighted by Crippen LogP contribution is -2.37. The summed E-state index contributed by atoms with van der Waals surface area (Å²) >= 11 is 0. The van der Waals surface area contributed by atoms with Crippen LogP contribution in [0.15, 0.2) is 45.9 Å². The Bertz CT molecular complexity index is 1040. The molecule has 2 aliphatic rings. The number of rotatable bonds is 8. The lowest BCUT2D eigenvalue weighted by Gasteiger charge is -2.27. The lowest BCUT2D eigenvalue weighted by molar-refractivity contribution is 0.0939. The van der Waals surface area contributed by atoms with Crippen LogP contribution in [0.1, 0.15) is 54.3 Å². The Morgan fingerprint density at radius 1 is 1.06 bits per heavy atom. The molecule has 1 unspecified atom stereocenters. The van der Waals surface area contributed by atoms with Crippen LogP contribution in [0.2, 0.25) is 0 Å². The van der Waals surface area contributed by atoms with Gasteiger partial charge in [0.05, 0.1) is 22.8 Å². The van der Waals surface area contributed by atoms with E-state index in [0.29, 0.717) is 25.2 Å². The molecular weight excluding hydrogens is 440 g/mol. The maximum Gasteiger partial charge on any atom is 0.253 e. The van der Waals surface area contributed by atoms with Crippen molar-refractivity contribution in [2.24, 2.45) is 0 Å². The van der Waals surface area contributed by atoms with Crippen LogP contribution in [0.25, 0.3) is 0 Å². The molecule has 2 saturated heterocycles. The third kappa shape index (κ3) is 5.26. The van der Waals surface area contributed by atoms with Crippen molar-refractivity contribution in [3.63, 3.8) is 0 Å². The molecule has 1 atom stereocenters. The number of hydrogen-bond donors (Lipinski definition) is 1. The normalized spacial score (nSPS) is 18.6. The molecule has 3 heterocycles. The van der Waals surface area contributed by atoms with Gasteiger partial charge in [0, 0.05) is 38.4 Å². The molecule has 2 aliphatic heterocycles. The average Bonchev–Trinajstić information content (AvgIpc) is 3.54. The van der Waals surface area contributed by atoms with Crippen molar-refractivity contribution in [2.75, 3.05) is 51.7 Å². The largest absolute Gasteiger partial charge is 0.468 e. The number of anilines is 1.